The average molecular weight is 414 g/mol. The highest BCUT2D eigenvalue weighted by Gasteiger charge is 2.62. The van der Waals surface area contributed by atoms with Crippen LogP contribution in [0.25, 0.3) is 0 Å². The Morgan fingerprint density at radius 2 is 2.21 bits per heavy atom. The number of carbonyl (C=O) groups excluding carboxylic acids is 2. The van der Waals surface area contributed by atoms with Crippen molar-refractivity contribution in [2.75, 3.05) is 18.0 Å². The molecule has 1 aromatic rings. The van der Waals surface area contributed by atoms with Crippen LogP contribution >= 0.6 is 23.8 Å². The van der Waals surface area contributed by atoms with Gasteiger partial charge in [0, 0.05) is 6.54 Å². The Hall–Kier alpha value is -2.81. The Bertz CT molecular complexity index is 997. The Balaban J connectivity index is 1.65. The molecule has 28 heavy (non-hydrogen) atoms. The number of anilines is 1. The number of urea groups is 1. The van der Waals surface area contributed by atoms with Crippen molar-refractivity contribution in [2.45, 2.75) is 31.5 Å². The van der Waals surface area contributed by atoms with Gasteiger partial charge in [-0.2, -0.15) is 5.26 Å². The van der Waals surface area contributed by atoms with Crippen LogP contribution in [0.2, 0.25) is 5.02 Å². The third-order valence-electron chi connectivity index (χ3n) is 5.59. The van der Waals surface area contributed by atoms with Gasteiger partial charge in [-0.05, 0) is 43.3 Å². The molecular formula is C19H16ClN5O2S. The van der Waals surface area contributed by atoms with Crippen molar-refractivity contribution in [1.29, 1.82) is 5.26 Å². The van der Waals surface area contributed by atoms with E-state index in [9.17, 15) is 9.59 Å². The number of benzene rings is 1. The summed E-state index contributed by atoms with van der Waals surface area (Å²) in [5.74, 6) is 2.18. The second kappa shape index (κ2) is 6.66. The molecule has 3 heterocycles. The van der Waals surface area contributed by atoms with Gasteiger partial charge in [-0.3, -0.25) is 4.79 Å². The maximum absolute atomic E-state index is 13.2. The van der Waals surface area contributed by atoms with Crippen molar-refractivity contribution in [3.05, 3.63) is 28.3 Å². The predicted molar refractivity (Wildman–Crippen MR) is 108 cm³/mol. The number of nitriles is 1. The van der Waals surface area contributed by atoms with Crippen LogP contribution in [0.1, 0.15) is 17.5 Å². The van der Waals surface area contributed by atoms with Gasteiger partial charge in [0.25, 0.3) is 5.91 Å². The molecule has 0 unspecified atom stereocenters. The smallest absolute Gasteiger partial charge is 0.332 e. The first kappa shape index (κ1) is 18.5. The van der Waals surface area contributed by atoms with Gasteiger partial charge in [0.2, 0.25) is 0 Å². The molecule has 3 aliphatic rings. The molecule has 4 rings (SSSR count). The van der Waals surface area contributed by atoms with Gasteiger partial charge in [0.1, 0.15) is 12.1 Å². The van der Waals surface area contributed by atoms with Gasteiger partial charge in [-0.1, -0.05) is 17.5 Å². The van der Waals surface area contributed by atoms with Crippen LogP contribution in [0.5, 0.6) is 0 Å². The number of imide groups is 1. The molecule has 0 radical (unpaired) electrons. The number of nitrogens with one attached hydrogen (secondary N) is 1. The Labute approximate surface area is 172 Å². The topological polar surface area (TPSA) is 79.7 Å². The van der Waals surface area contributed by atoms with E-state index in [1.807, 2.05) is 11.0 Å². The van der Waals surface area contributed by atoms with Crippen molar-refractivity contribution in [1.82, 2.24) is 15.1 Å². The lowest BCUT2D eigenvalue weighted by Gasteiger charge is -2.36. The number of halogens is 1. The van der Waals surface area contributed by atoms with Crippen molar-refractivity contribution < 1.29 is 9.59 Å². The molecule has 1 aromatic carbocycles. The molecule has 3 saturated heterocycles. The molecule has 3 atom stereocenters. The predicted octanol–water partition coefficient (Wildman–Crippen LogP) is 1.62. The number of likely N-dealkylation sites (tertiary alicyclic amines) is 1. The maximum Gasteiger partial charge on any atom is 0.332 e. The normalized spacial score (nSPS) is 25.0. The van der Waals surface area contributed by atoms with Crippen LogP contribution in [0.4, 0.5) is 10.5 Å². The molecule has 3 aliphatic heterocycles. The van der Waals surface area contributed by atoms with E-state index in [-0.39, 0.29) is 29.0 Å². The highest BCUT2D eigenvalue weighted by Crippen LogP contribution is 2.43. The number of hydrogen-bond donors (Lipinski definition) is 1. The first-order valence-electron chi connectivity index (χ1n) is 8.74. The number of nitrogens with zero attached hydrogens (tertiary/aromatic N) is 4. The third kappa shape index (κ3) is 2.46. The quantitative estimate of drug-likeness (QED) is 0.451. The minimum atomic E-state index is -0.592. The number of thiocarbonyl (C=S) groups is 1. The van der Waals surface area contributed by atoms with Crippen LogP contribution in [0.3, 0.4) is 0 Å². The van der Waals surface area contributed by atoms with Crippen molar-refractivity contribution >= 4 is 46.6 Å². The van der Waals surface area contributed by atoms with E-state index in [0.717, 1.165) is 0 Å². The van der Waals surface area contributed by atoms with E-state index in [1.165, 1.54) is 11.0 Å². The largest absolute Gasteiger partial charge is 0.352 e. The average Bonchev–Trinajstić information content (AvgIpc) is 3.34. The number of fused-ring (bicyclic) bond motifs is 5. The second-order valence-electron chi connectivity index (χ2n) is 6.96. The highest BCUT2D eigenvalue weighted by molar-refractivity contribution is 7.80. The lowest BCUT2D eigenvalue weighted by molar-refractivity contribution is -0.120. The van der Waals surface area contributed by atoms with Crippen molar-refractivity contribution in [2.24, 2.45) is 0 Å². The lowest BCUT2D eigenvalue weighted by atomic mass is 10.1. The molecule has 2 bridgehead atoms. The standard InChI is InChI=1S/C19H16ClN5O2S/c1-3-6-22-18(28)23-9-12-7-14(23)16-17(26)25(19(27)24(12)16)13-5-4-11(8-21)15(20)10(13)2/h1,4-5,12,14,16H,6-7,9H2,2H3,(H,22,28)/t12-,14-,16-/m0/s1. The third-order valence-corrected chi connectivity index (χ3v) is 6.45. The van der Waals surface area contributed by atoms with Crippen molar-refractivity contribution in [3.8, 4) is 18.4 Å². The Morgan fingerprint density at radius 1 is 1.46 bits per heavy atom. The van der Waals surface area contributed by atoms with E-state index in [2.05, 4.69) is 11.2 Å². The maximum atomic E-state index is 13.2. The Morgan fingerprint density at radius 3 is 2.89 bits per heavy atom. The molecule has 0 aromatic heterocycles. The van der Waals surface area contributed by atoms with E-state index >= 15 is 0 Å². The number of rotatable bonds is 2. The fraction of sp³-hybridized carbons (Fsp3) is 0.368. The lowest BCUT2D eigenvalue weighted by Crippen LogP contribution is -2.56. The molecule has 0 spiro atoms. The molecule has 0 aliphatic carbocycles. The summed E-state index contributed by atoms with van der Waals surface area (Å²) in [6.45, 7) is 2.57. The first-order chi connectivity index (χ1) is 13.4. The molecule has 9 heteroatoms. The van der Waals surface area contributed by atoms with Crippen LogP contribution < -0.4 is 10.2 Å². The number of hydrogen-bond acceptors (Lipinski definition) is 4. The van der Waals surface area contributed by atoms with Crippen LogP contribution in [-0.4, -0.2) is 58.1 Å². The monoisotopic (exact) mass is 413 g/mol. The van der Waals surface area contributed by atoms with Gasteiger partial charge >= 0.3 is 6.03 Å². The second-order valence-corrected chi connectivity index (χ2v) is 7.73. The van der Waals surface area contributed by atoms with Crippen LogP contribution in [0, 0.1) is 30.6 Å². The number of amides is 3. The molecule has 7 nitrogen and oxygen atoms in total. The van der Waals surface area contributed by atoms with E-state index < -0.39 is 6.04 Å². The molecule has 142 valence electrons. The summed E-state index contributed by atoms with van der Waals surface area (Å²) in [5.41, 5.74) is 1.24. The zero-order valence-corrected chi connectivity index (χ0v) is 16.5. The van der Waals surface area contributed by atoms with Gasteiger partial charge < -0.3 is 15.1 Å². The molecule has 3 amide bonds. The van der Waals surface area contributed by atoms with E-state index in [0.29, 0.717) is 41.4 Å². The minimum Gasteiger partial charge on any atom is -0.352 e. The number of carbonyl (C=O) groups is 2. The van der Waals surface area contributed by atoms with E-state index in [1.54, 1.807) is 17.9 Å². The van der Waals surface area contributed by atoms with Crippen LogP contribution in [-0.2, 0) is 4.79 Å². The minimum absolute atomic E-state index is 0.0869. The first-order valence-corrected chi connectivity index (χ1v) is 9.52. The summed E-state index contributed by atoms with van der Waals surface area (Å²) in [7, 11) is 0. The fourth-order valence-electron chi connectivity index (χ4n) is 4.34. The summed E-state index contributed by atoms with van der Waals surface area (Å²) in [6.07, 6.45) is 5.97. The number of piperazine rings is 1. The molecule has 3 fully saturated rings. The SMILES string of the molecule is C#CCNC(=S)N1C[C@@H]2C[C@H]1[C@H]1C(=O)N(c3ccc(C#N)c(Cl)c3C)C(=O)N21. The van der Waals surface area contributed by atoms with Gasteiger partial charge in [-0.15, -0.1) is 6.42 Å². The zero-order chi connectivity index (χ0) is 20.2. The number of terminal acetylenes is 1. The summed E-state index contributed by atoms with van der Waals surface area (Å²) >= 11 is 11.6. The Kier molecular flexibility index (Phi) is 4.41. The fourth-order valence-corrected chi connectivity index (χ4v) is 4.83. The molecular weight excluding hydrogens is 398 g/mol. The summed E-state index contributed by atoms with van der Waals surface area (Å²) < 4.78 is 0. The molecule has 1 N–H and O–H groups in total. The highest BCUT2D eigenvalue weighted by atomic mass is 35.5. The van der Waals surface area contributed by atoms with Crippen LogP contribution in [0.15, 0.2) is 12.1 Å². The zero-order valence-electron chi connectivity index (χ0n) is 15.0. The summed E-state index contributed by atoms with van der Waals surface area (Å²) in [4.78, 5) is 31.1. The summed E-state index contributed by atoms with van der Waals surface area (Å²) in [5, 5.41) is 12.9. The van der Waals surface area contributed by atoms with Gasteiger partial charge in [0.05, 0.1) is 34.9 Å². The van der Waals surface area contributed by atoms with Crippen molar-refractivity contribution in [3.63, 3.8) is 0 Å². The van der Waals surface area contributed by atoms with Gasteiger partial charge in [0.15, 0.2) is 5.11 Å². The molecule has 0 saturated carbocycles. The van der Waals surface area contributed by atoms with Gasteiger partial charge in [-0.25, -0.2) is 9.69 Å². The van der Waals surface area contributed by atoms with E-state index in [4.69, 9.17) is 35.5 Å². The summed E-state index contributed by atoms with van der Waals surface area (Å²) in [6, 6.07) is 3.90.